The fourth-order valence-corrected chi connectivity index (χ4v) is 2.21. The highest BCUT2D eigenvalue weighted by Crippen LogP contribution is 2.08. The van der Waals surface area contributed by atoms with Crippen LogP contribution < -0.4 is 10.6 Å². The van der Waals surface area contributed by atoms with Crippen LogP contribution in [0.1, 0.15) is 39.0 Å². The molecular weight excluding hydrogens is 274 g/mol. The number of aliphatic carboxylic acids is 1. The van der Waals surface area contributed by atoms with Gasteiger partial charge in [0.25, 0.3) is 0 Å². The maximum Gasteiger partial charge on any atom is 0.314 e. The van der Waals surface area contributed by atoms with Crippen LogP contribution in [0, 0.1) is 5.92 Å². The van der Waals surface area contributed by atoms with Crippen LogP contribution in [0.3, 0.4) is 0 Å². The van der Waals surface area contributed by atoms with E-state index in [2.05, 4.69) is 10.6 Å². The lowest BCUT2D eigenvalue weighted by Crippen LogP contribution is -2.40. The molecule has 3 N–H and O–H groups in total. The van der Waals surface area contributed by atoms with Crippen LogP contribution in [0.25, 0.3) is 0 Å². The Kier molecular flexibility index (Phi) is 7.56. The van der Waals surface area contributed by atoms with E-state index >= 15 is 0 Å². The predicted octanol–water partition coefficient (Wildman–Crippen LogP) is 0.799. The second kappa shape index (κ2) is 9.20. The van der Waals surface area contributed by atoms with Gasteiger partial charge >= 0.3 is 12.0 Å². The van der Waals surface area contributed by atoms with Crippen molar-refractivity contribution in [1.29, 1.82) is 0 Å². The number of hydrogen-bond acceptors (Lipinski definition) is 3. The molecule has 7 nitrogen and oxygen atoms in total. The number of nitrogens with zero attached hydrogens (tertiary/aromatic N) is 1. The smallest absolute Gasteiger partial charge is 0.314 e. The van der Waals surface area contributed by atoms with Crippen LogP contribution in [-0.2, 0) is 9.59 Å². The van der Waals surface area contributed by atoms with Gasteiger partial charge in [0.15, 0.2) is 0 Å². The molecule has 0 radical (unpaired) electrons. The molecule has 0 aromatic rings. The van der Waals surface area contributed by atoms with Gasteiger partial charge in [-0.3, -0.25) is 9.59 Å². The number of carboxylic acid groups (broad SMARTS) is 1. The summed E-state index contributed by atoms with van der Waals surface area (Å²) in [6.07, 6.45) is 3.08. The third-order valence-electron chi connectivity index (χ3n) is 3.55. The number of urea groups is 1. The van der Waals surface area contributed by atoms with Crippen molar-refractivity contribution in [3.8, 4) is 0 Å². The lowest BCUT2D eigenvalue weighted by molar-refractivity contribution is -0.137. The Balaban J connectivity index is 2.05. The number of carboxylic acids is 1. The van der Waals surface area contributed by atoms with Gasteiger partial charge in [0.1, 0.15) is 0 Å². The molecule has 1 saturated heterocycles. The van der Waals surface area contributed by atoms with Gasteiger partial charge < -0.3 is 20.6 Å². The van der Waals surface area contributed by atoms with Crippen LogP contribution in [-0.4, -0.2) is 54.1 Å². The number of carbonyl (C=O) groups excluding carboxylic acids is 2. The van der Waals surface area contributed by atoms with Gasteiger partial charge in [-0.05, 0) is 25.2 Å². The van der Waals surface area contributed by atoms with Crippen LogP contribution in [0.4, 0.5) is 4.79 Å². The standard InChI is InChI=1S/C14H25N3O4/c1-11(4-5-13(19)20)10-16-14(21)15-7-6-12(18)17-8-2-3-9-17/h11H,2-10H2,1H3,(H,19,20)(H2,15,16,21). The van der Waals surface area contributed by atoms with Crippen molar-refractivity contribution >= 4 is 17.9 Å². The summed E-state index contributed by atoms with van der Waals surface area (Å²) in [5.74, 6) is -0.632. The number of nitrogens with one attached hydrogen (secondary N) is 2. The van der Waals surface area contributed by atoms with Crippen LogP contribution in [0.2, 0.25) is 0 Å². The molecule has 0 aliphatic carbocycles. The molecule has 1 aliphatic rings. The molecule has 3 amide bonds. The summed E-state index contributed by atoms with van der Waals surface area (Å²) in [6.45, 7) is 4.29. The SMILES string of the molecule is CC(CCC(=O)O)CNC(=O)NCCC(=O)N1CCCC1. The highest BCUT2D eigenvalue weighted by atomic mass is 16.4. The minimum absolute atomic E-state index is 0.0858. The minimum atomic E-state index is -0.827. The summed E-state index contributed by atoms with van der Waals surface area (Å²) in [7, 11) is 0. The molecule has 0 saturated carbocycles. The molecule has 0 aromatic carbocycles. The van der Waals surface area contributed by atoms with E-state index in [1.807, 2.05) is 11.8 Å². The third kappa shape index (κ3) is 7.53. The molecule has 1 atom stereocenters. The van der Waals surface area contributed by atoms with Crippen LogP contribution >= 0.6 is 0 Å². The predicted molar refractivity (Wildman–Crippen MR) is 77.9 cm³/mol. The van der Waals surface area contributed by atoms with Gasteiger partial charge in [0.05, 0.1) is 0 Å². The average molecular weight is 299 g/mol. The van der Waals surface area contributed by atoms with Gasteiger partial charge in [-0.1, -0.05) is 6.92 Å². The third-order valence-corrected chi connectivity index (χ3v) is 3.55. The Morgan fingerprint density at radius 3 is 2.43 bits per heavy atom. The van der Waals surface area contributed by atoms with Crippen molar-refractivity contribution in [1.82, 2.24) is 15.5 Å². The first-order valence-electron chi connectivity index (χ1n) is 7.50. The minimum Gasteiger partial charge on any atom is -0.481 e. The van der Waals surface area contributed by atoms with Gasteiger partial charge in [0, 0.05) is 39.0 Å². The van der Waals surface area contributed by atoms with E-state index in [4.69, 9.17) is 5.11 Å². The fourth-order valence-electron chi connectivity index (χ4n) is 2.21. The van der Waals surface area contributed by atoms with E-state index in [0.29, 0.717) is 25.9 Å². The fraction of sp³-hybridized carbons (Fsp3) is 0.786. The van der Waals surface area contributed by atoms with Crippen molar-refractivity contribution < 1.29 is 19.5 Å². The number of rotatable bonds is 8. The van der Waals surface area contributed by atoms with Crippen molar-refractivity contribution in [2.75, 3.05) is 26.2 Å². The van der Waals surface area contributed by atoms with Crippen molar-refractivity contribution in [2.45, 2.75) is 39.0 Å². The number of hydrogen-bond donors (Lipinski definition) is 3. The first-order chi connectivity index (χ1) is 9.99. The largest absolute Gasteiger partial charge is 0.481 e. The molecule has 1 unspecified atom stereocenters. The zero-order valence-corrected chi connectivity index (χ0v) is 12.6. The molecule has 7 heteroatoms. The van der Waals surface area contributed by atoms with Gasteiger partial charge in [-0.15, -0.1) is 0 Å². The van der Waals surface area contributed by atoms with Crippen LogP contribution in [0.15, 0.2) is 0 Å². The van der Waals surface area contributed by atoms with Gasteiger partial charge in [-0.2, -0.15) is 0 Å². The summed E-state index contributed by atoms with van der Waals surface area (Å²) in [4.78, 5) is 35.5. The highest BCUT2D eigenvalue weighted by molar-refractivity contribution is 5.78. The Hall–Kier alpha value is -1.79. The van der Waals surface area contributed by atoms with Crippen molar-refractivity contribution in [3.05, 3.63) is 0 Å². The summed E-state index contributed by atoms with van der Waals surface area (Å²) >= 11 is 0. The monoisotopic (exact) mass is 299 g/mol. The molecular formula is C14H25N3O4. The number of likely N-dealkylation sites (tertiary alicyclic amines) is 1. The maximum absolute atomic E-state index is 11.7. The summed E-state index contributed by atoms with van der Waals surface area (Å²) in [6, 6.07) is -0.314. The molecule has 1 rings (SSSR count). The zero-order valence-electron chi connectivity index (χ0n) is 12.6. The van der Waals surface area contributed by atoms with Gasteiger partial charge in [0.2, 0.25) is 5.91 Å². The van der Waals surface area contributed by atoms with E-state index in [-0.39, 0.29) is 24.3 Å². The summed E-state index contributed by atoms with van der Waals surface area (Å²) < 4.78 is 0. The zero-order chi connectivity index (χ0) is 15.7. The Labute approximate surface area is 125 Å². The van der Waals surface area contributed by atoms with Crippen molar-refractivity contribution in [2.24, 2.45) is 5.92 Å². The Morgan fingerprint density at radius 2 is 1.81 bits per heavy atom. The molecule has 1 aliphatic heterocycles. The number of amides is 3. The molecule has 0 spiro atoms. The first kappa shape index (κ1) is 17.3. The van der Waals surface area contributed by atoms with E-state index in [1.165, 1.54) is 0 Å². The van der Waals surface area contributed by atoms with Crippen molar-refractivity contribution in [3.63, 3.8) is 0 Å². The quantitative estimate of drug-likeness (QED) is 0.617. The highest BCUT2D eigenvalue weighted by Gasteiger charge is 2.17. The van der Waals surface area contributed by atoms with E-state index < -0.39 is 5.97 Å². The molecule has 0 bridgehead atoms. The molecule has 120 valence electrons. The van der Waals surface area contributed by atoms with Crippen LogP contribution in [0.5, 0.6) is 0 Å². The van der Waals surface area contributed by atoms with E-state index in [9.17, 15) is 14.4 Å². The lowest BCUT2D eigenvalue weighted by Gasteiger charge is -2.16. The summed E-state index contributed by atoms with van der Waals surface area (Å²) in [5.41, 5.74) is 0. The maximum atomic E-state index is 11.7. The second-order valence-corrected chi connectivity index (χ2v) is 5.51. The molecule has 1 fully saturated rings. The summed E-state index contributed by atoms with van der Waals surface area (Å²) in [5, 5.41) is 13.9. The Morgan fingerprint density at radius 1 is 1.14 bits per heavy atom. The number of carbonyl (C=O) groups is 3. The molecule has 21 heavy (non-hydrogen) atoms. The molecule has 0 aromatic heterocycles. The normalized spacial score (nSPS) is 15.6. The molecule has 1 heterocycles. The second-order valence-electron chi connectivity index (χ2n) is 5.51. The first-order valence-corrected chi connectivity index (χ1v) is 7.50. The topological polar surface area (TPSA) is 98.7 Å². The lowest BCUT2D eigenvalue weighted by atomic mass is 10.1. The van der Waals surface area contributed by atoms with Gasteiger partial charge in [-0.25, -0.2) is 4.79 Å². The van der Waals surface area contributed by atoms with E-state index in [0.717, 1.165) is 25.9 Å². The Bertz CT molecular complexity index is 367. The van der Waals surface area contributed by atoms with E-state index in [1.54, 1.807) is 0 Å². The average Bonchev–Trinajstić information content (AvgIpc) is 2.97.